The fourth-order valence-corrected chi connectivity index (χ4v) is 3.82. The van der Waals surface area contributed by atoms with E-state index >= 15 is 0 Å². The number of carbonyl (C=O) groups is 1. The Morgan fingerprint density at radius 3 is 2.57 bits per heavy atom. The van der Waals surface area contributed by atoms with E-state index in [-0.39, 0.29) is 11.7 Å². The van der Waals surface area contributed by atoms with Gasteiger partial charge in [0.05, 0.1) is 18.6 Å². The van der Waals surface area contributed by atoms with Gasteiger partial charge in [0.25, 0.3) is 0 Å². The summed E-state index contributed by atoms with van der Waals surface area (Å²) in [5.41, 5.74) is 2.05. The number of thioether (sulfide) groups is 2. The first-order chi connectivity index (χ1) is 13.7. The third kappa shape index (κ3) is 5.74. The van der Waals surface area contributed by atoms with E-state index < -0.39 is 0 Å². The molecule has 0 saturated heterocycles. The number of aryl methyl sites for hydroxylation is 1. The molecule has 2 aromatic carbocycles. The Labute approximate surface area is 172 Å². The molecule has 0 saturated carbocycles. The minimum atomic E-state index is -0.0428. The summed E-state index contributed by atoms with van der Waals surface area (Å²) in [6.07, 6.45) is 0. The highest BCUT2D eigenvalue weighted by Crippen LogP contribution is 2.20. The molecule has 0 unspecified atom stereocenters. The van der Waals surface area contributed by atoms with Crippen LogP contribution in [0.2, 0.25) is 0 Å². The second kappa shape index (κ2) is 10.1. The number of ether oxygens (including phenoxy) is 1. The van der Waals surface area contributed by atoms with Crippen LogP contribution in [0.3, 0.4) is 0 Å². The number of hydrogen-bond donors (Lipinski definition) is 1. The SMILES string of the molecule is COc1ccc(-n2nnnc2SCC(=O)NCCSc2ccc(C)cc2)cc1. The van der Waals surface area contributed by atoms with E-state index in [1.54, 1.807) is 23.6 Å². The quantitative estimate of drug-likeness (QED) is 0.425. The summed E-state index contributed by atoms with van der Waals surface area (Å²) in [6.45, 7) is 2.68. The average molecular weight is 416 g/mol. The molecule has 0 aliphatic carbocycles. The largest absolute Gasteiger partial charge is 0.497 e. The molecule has 146 valence electrons. The van der Waals surface area contributed by atoms with E-state index in [1.165, 1.54) is 22.2 Å². The first kappa shape index (κ1) is 20.2. The van der Waals surface area contributed by atoms with Gasteiger partial charge in [-0.05, 0) is 53.7 Å². The lowest BCUT2D eigenvalue weighted by Gasteiger charge is -2.07. The second-order valence-electron chi connectivity index (χ2n) is 5.87. The Morgan fingerprint density at radius 2 is 1.86 bits per heavy atom. The maximum Gasteiger partial charge on any atom is 0.230 e. The molecule has 1 N–H and O–H groups in total. The van der Waals surface area contributed by atoms with Crippen LogP contribution in [0.5, 0.6) is 5.75 Å². The molecule has 7 nitrogen and oxygen atoms in total. The van der Waals surface area contributed by atoms with Crippen LogP contribution < -0.4 is 10.1 Å². The summed E-state index contributed by atoms with van der Waals surface area (Å²) < 4.78 is 6.76. The van der Waals surface area contributed by atoms with Crippen LogP contribution in [0.1, 0.15) is 5.56 Å². The Bertz CT molecular complexity index is 897. The standard InChI is InChI=1S/C19H21N5O2S2/c1-14-3-9-17(10-4-14)27-12-11-20-18(25)13-28-19-21-22-23-24(19)15-5-7-16(26-2)8-6-15/h3-10H,11-13H2,1-2H3,(H,20,25). The number of amides is 1. The molecule has 1 aromatic heterocycles. The van der Waals surface area contributed by atoms with Crippen LogP contribution >= 0.6 is 23.5 Å². The number of rotatable bonds is 9. The number of benzene rings is 2. The number of carbonyl (C=O) groups excluding carboxylic acids is 1. The van der Waals surface area contributed by atoms with E-state index in [4.69, 9.17) is 4.74 Å². The molecule has 9 heteroatoms. The first-order valence-corrected chi connectivity index (χ1v) is 10.6. The molecule has 1 amide bonds. The summed E-state index contributed by atoms with van der Waals surface area (Å²) in [5.74, 6) is 1.79. The van der Waals surface area contributed by atoms with Crippen molar-refractivity contribution in [2.45, 2.75) is 17.0 Å². The molecule has 3 aromatic rings. The smallest absolute Gasteiger partial charge is 0.230 e. The average Bonchev–Trinajstić information content (AvgIpc) is 3.19. The maximum atomic E-state index is 12.1. The molecule has 0 aliphatic heterocycles. The van der Waals surface area contributed by atoms with E-state index in [2.05, 4.69) is 52.0 Å². The van der Waals surface area contributed by atoms with Gasteiger partial charge in [-0.15, -0.1) is 16.9 Å². The van der Waals surface area contributed by atoms with Gasteiger partial charge >= 0.3 is 0 Å². The molecule has 0 atom stereocenters. The van der Waals surface area contributed by atoms with Crippen LogP contribution in [-0.2, 0) is 4.79 Å². The van der Waals surface area contributed by atoms with Crippen molar-refractivity contribution in [3.63, 3.8) is 0 Å². The maximum absolute atomic E-state index is 12.1. The summed E-state index contributed by atoms with van der Waals surface area (Å²) in [7, 11) is 1.62. The summed E-state index contributed by atoms with van der Waals surface area (Å²) in [6, 6.07) is 15.8. The van der Waals surface area contributed by atoms with Gasteiger partial charge < -0.3 is 10.1 Å². The lowest BCUT2D eigenvalue weighted by molar-refractivity contribution is -0.118. The molecule has 28 heavy (non-hydrogen) atoms. The third-order valence-corrected chi connectivity index (χ3v) is 5.74. The zero-order valence-electron chi connectivity index (χ0n) is 15.7. The first-order valence-electron chi connectivity index (χ1n) is 8.67. The van der Waals surface area contributed by atoms with Crippen molar-refractivity contribution in [3.05, 3.63) is 54.1 Å². The van der Waals surface area contributed by atoms with Crippen LogP contribution in [-0.4, -0.2) is 51.3 Å². The van der Waals surface area contributed by atoms with E-state index in [0.717, 1.165) is 17.2 Å². The minimum absolute atomic E-state index is 0.0428. The van der Waals surface area contributed by atoms with Crippen molar-refractivity contribution in [1.29, 1.82) is 0 Å². The van der Waals surface area contributed by atoms with Gasteiger partial charge in [-0.25, -0.2) is 0 Å². The fraction of sp³-hybridized carbons (Fsp3) is 0.263. The number of hydrogen-bond acceptors (Lipinski definition) is 7. The van der Waals surface area contributed by atoms with Gasteiger partial charge in [-0.3, -0.25) is 4.79 Å². The van der Waals surface area contributed by atoms with E-state index in [1.807, 2.05) is 24.3 Å². The zero-order valence-corrected chi connectivity index (χ0v) is 17.3. The van der Waals surface area contributed by atoms with Gasteiger partial charge in [0.2, 0.25) is 11.1 Å². The number of nitrogens with one attached hydrogen (secondary N) is 1. The summed E-state index contributed by atoms with van der Waals surface area (Å²) in [5, 5.41) is 15.2. The van der Waals surface area contributed by atoms with Crippen LogP contribution in [0.15, 0.2) is 58.6 Å². The highest BCUT2D eigenvalue weighted by Gasteiger charge is 2.11. The van der Waals surface area contributed by atoms with Gasteiger partial charge in [0.1, 0.15) is 5.75 Å². The summed E-state index contributed by atoms with van der Waals surface area (Å²) in [4.78, 5) is 13.3. The molecule has 0 aliphatic rings. The van der Waals surface area contributed by atoms with Gasteiger partial charge in [0.15, 0.2) is 0 Å². The van der Waals surface area contributed by atoms with Gasteiger partial charge in [-0.1, -0.05) is 29.5 Å². The van der Waals surface area contributed by atoms with Crippen LogP contribution in [0.25, 0.3) is 5.69 Å². The molecule has 3 rings (SSSR count). The summed E-state index contributed by atoms with van der Waals surface area (Å²) >= 11 is 3.02. The lowest BCUT2D eigenvalue weighted by Crippen LogP contribution is -2.27. The number of methoxy groups -OCH3 is 1. The lowest BCUT2D eigenvalue weighted by atomic mass is 10.2. The minimum Gasteiger partial charge on any atom is -0.497 e. The monoisotopic (exact) mass is 415 g/mol. The number of tetrazole rings is 1. The van der Waals surface area contributed by atoms with Crippen molar-refractivity contribution in [2.24, 2.45) is 0 Å². The van der Waals surface area contributed by atoms with Crippen molar-refractivity contribution in [3.8, 4) is 11.4 Å². The van der Waals surface area contributed by atoms with Crippen molar-refractivity contribution >= 4 is 29.4 Å². The predicted octanol–water partition coefficient (Wildman–Crippen LogP) is 2.98. The second-order valence-corrected chi connectivity index (χ2v) is 7.98. The van der Waals surface area contributed by atoms with Gasteiger partial charge in [-0.2, -0.15) is 4.68 Å². The van der Waals surface area contributed by atoms with E-state index in [9.17, 15) is 4.79 Å². The van der Waals surface area contributed by atoms with Crippen LogP contribution in [0, 0.1) is 6.92 Å². The normalized spacial score (nSPS) is 10.6. The Morgan fingerprint density at radius 1 is 1.11 bits per heavy atom. The van der Waals surface area contributed by atoms with Gasteiger partial charge in [0, 0.05) is 17.2 Å². The molecule has 0 radical (unpaired) electrons. The van der Waals surface area contributed by atoms with E-state index in [0.29, 0.717) is 11.7 Å². The molecule has 0 fully saturated rings. The fourth-order valence-electron chi connectivity index (χ4n) is 2.33. The Hall–Kier alpha value is -2.52. The number of nitrogens with zero attached hydrogens (tertiary/aromatic N) is 4. The predicted molar refractivity (Wildman–Crippen MR) is 111 cm³/mol. The zero-order chi connectivity index (χ0) is 19.8. The topological polar surface area (TPSA) is 81.9 Å². The van der Waals surface area contributed by atoms with Crippen LogP contribution in [0.4, 0.5) is 0 Å². The molecule has 0 spiro atoms. The molecular formula is C19H21N5O2S2. The highest BCUT2D eigenvalue weighted by molar-refractivity contribution is 7.99. The third-order valence-electron chi connectivity index (χ3n) is 3.80. The van der Waals surface area contributed by atoms with Crippen molar-refractivity contribution in [1.82, 2.24) is 25.5 Å². The molecular weight excluding hydrogens is 394 g/mol. The van der Waals surface area contributed by atoms with Crippen molar-refractivity contribution in [2.75, 3.05) is 25.2 Å². The Balaban J connectivity index is 1.43. The number of aromatic nitrogens is 4. The molecule has 0 bridgehead atoms. The molecule has 1 heterocycles. The highest BCUT2D eigenvalue weighted by atomic mass is 32.2. The Kier molecular flexibility index (Phi) is 7.32. The van der Waals surface area contributed by atoms with Crippen molar-refractivity contribution < 1.29 is 9.53 Å².